The van der Waals surface area contributed by atoms with Gasteiger partial charge in [-0.05, 0) is 17.2 Å². The van der Waals surface area contributed by atoms with E-state index in [2.05, 4.69) is 5.32 Å². The third-order valence-electron chi connectivity index (χ3n) is 3.40. The summed E-state index contributed by atoms with van der Waals surface area (Å²) in [6.07, 6.45) is -0.441. The highest BCUT2D eigenvalue weighted by Crippen LogP contribution is 2.30. The molecule has 0 radical (unpaired) electrons. The maximum atomic E-state index is 9.95. The van der Waals surface area contributed by atoms with Crippen molar-refractivity contribution in [3.63, 3.8) is 0 Å². The summed E-state index contributed by atoms with van der Waals surface area (Å²) in [4.78, 5) is 0. The van der Waals surface area contributed by atoms with E-state index < -0.39 is 6.10 Å². The third-order valence-corrected chi connectivity index (χ3v) is 3.40. The minimum absolute atomic E-state index is 0.441. The molecule has 1 atom stereocenters. The van der Waals surface area contributed by atoms with Crippen LogP contribution in [0.5, 0.6) is 5.75 Å². The lowest BCUT2D eigenvalue weighted by molar-refractivity contribution is 0.163. The molecule has 0 aromatic heterocycles. The lowest BCUT2D eigenvalue weighted by Gasteiger charge is -2.24. The minimum Gasteiger partial charge on any atom is -0.489 e. The fourth-order valence-corrected chi connectivity index (χ4v) is 2.40. The van der Waals surface area contributed by atoms with Gasteiger partial charge in [0.15, 0.2) is 0 Å². The highest BCUT2D eigenvalue weighted by atomic mass is 16.5. The van der Waals surface area contributed by atoms with Crippen molar-refractivity contribution in [2.45, 2.75) is 19.3 Å². The lowest BCUT2D eigenvalue weighted by atomic mass is 9.98. The first-order valence-corrected chi connectivity index (χ1v) is 6.52. The van der Waals surface area contributed by atoms with Gasteiger partial charge in [0.05, 0.1) is 6.10 Å². The molecule has 0 bridgehead atoms. The number of aliphatic hydroxyl groups is 1. The number of benzene rings is 2. The van der Waals surface area contributed by atoms with Crippen molar-refractivity contribution in [2.75, 3.05) is 6.54 Å². The van der Waals surface area contributed by atoms with Crippen LogP contribution >= 0.6 is 0 Å². The molecule has 3 heteroatoms. The number of aliphatic hydroxyl groups excluding tert-OH is 1. The first-order chi connectivity index (χ1) is 9.34. The molecule has 19 heavy (non-hydrogen) atoms. The molecule has 0 saturated carbocycles. The highest BCUT2D eigenvalue weighted by molar-refractivity contribution is 5.43. The summed E-state index contributed by atoms with van der Waals surface area (Å²) in [5, 5.41) is 13.2. The summed E-state index contributed by atoms with van der Waals surface area (Å²) in [6, 6.07) is 16.0. The number of nitrogens with one attached hydrogen (secondary N) is 1. The second kappa shape index (κ2) is 5.43. The van der Waals surface area contributed by atoms with Crippen LogP contribution in [0, 0.1) is 0 Å². The van der Waals surface area contributed by atoms with E-state index in [1.165, 1.54) is 0 Å². The number of ether oxygens (including phenoxy) is 1. The number of fused-ring (bicyclic) bond motifs is 1. The van der Waals surface area contributed by atoms with Crippen LogP contribution in [0.25, 0.3) is 0 Å². The van der Waals surface area contributed by atoms with Crippen molar-refractivity contribution in [3.05, 3.63) is 65.2 Å². The van der Waals surface area contributed by atoms with E-state index in [0.29, 0.717) is 13.2 Å². The molecule has 0 amide bonds. The molecule has 0 spiro atoms. The van der Waals surface area contributed by atoms with Crippen LogP contribution in [-0.4, -0.2) is 11.7 Å². The molecule has 1 aliphatic rings. The quantitative estimate of drug-likeness (QED) is 0.885. The largest absolute Gasteiger partial charge is 0.489 e. The standard InChI is InChI=1S/C16H17NO2/c18-15-10-17-9-14-13(15)7-4-8-16(14)19-11-12-5-2-1-3-6-12/h1-8,15,17-18H,9-11H2. The van der Waals surface area contributed by atoms with Crippen molar-refractivity contribution in [2.24, 2.45) is 0 Å². The molecular weight excluding hydrogens is 238 g/mol. The molecule has 0 fully saturated rings. The number of β-amino-alcohol motifs (C(OH)–C–C–N with tert-alkyl or cyclic N) is 1. The van der Waals surface area contributed by atoms with Crippen molar-refractivity contribution in [3.8, 4) is 5.75 Å². The van der Waals surface area contributed by atoms with Gasteiger partial charge in [-0.15, -0.1) is 0 Å². The van der Waals surface area contributed by atoms with Crippen molar-refractivity contribution >= 4 is 0 Å². The SMILES string of the molecule is OC1CNCc2c(OCc3ccccc3)cccc21. The molecule has 3 nitrogen and oxygen atoms in total. The van der Waals surface area contributed by atoms with Crippen LogP contribution in [0.15, 0.2) is 48.5 Å². The van der Waals surface area contributed by atoms with Gasteiger partial charge in [0.2, 0.25) is 0 Å². The summed E-state index contributed by atoms with van der Waals surface area (Å²) >= 11 is 0. The van der Waals surface area contributed by atoms with Gasteiger partial charge in [0.25, 0.3) is 0 Å². The van der Waals surface area contributed by atoms with Crippen LogP contribution in [-0.2, 0) is 13.2 Å². The van der Waals surface area contributed by atoms with Gasteiger partial charge in [-0.25, -0.2) is 0 Å². The Bertz CT molecular complexity index is 554. The van der Waals surface area contributed by atoms with Crippen LogP contribution in [0.4, 0.5) is 0 Å². The van der Waals surface area contributed by atoms with E-state index in [1.807, 2.05) is 48.5 Å². The molecule has 3 rings (SSSR count). The van der Waals surface area contributed by atoms with Gasteiger partial charge < -0.3 is 15.2 Å². The first-order valence-electron chi connectivity index (χ1n) is 6.52. The fraction of sp³-hybridized carbons (Fsp3) is 0.250. The second-order valence-corrected chi connectivity index (χ2v) is 4.74. The van der Waals surface area contributed by atoms with E-state index in [1.54, 1.807) is 0 Å². The zero-order chi connectivity index (χ0) is 13.1. The predicted octanol–water partition coefficient (Wildman–Crippen LogP) is 2.40. The molecule has 0 saturated heterocycles. The van der Waals surface area contributed by atoms with Gasteiger partial charge >= 0.3 is 0 Å². The summed E-state index contributed by atoms with van der Waals surface area (Å²) in [5.74, 6) is 0.854. The Morgan fingerprint density at radius 1 is 1.11 bits per heavy atom. The maximum Gasteiger partial charge on any atom is 0.124 e. The summed E-state index contributed by atoms with van der Waals surface area (Å²) in [7, 11) is 0. The Kier molecular flexibility index (Phi) is 3.49. The monoisotopic (exact) mass is 255 g/mol. The van der Waals surface area contributed by atoms with E-state index >= 15 is 0 Å². The fourth-order valence-electron chi connectivity index (χ4n) is 2.40. The smallest absolute Gasteiger partial charge is 0.124 e. The average molecular weight is 255 g/mol. The predicted molar refractivity (Wildman–Crippen MR) is 73.9 cm³/mol. The number of rotatable bonds is 3. The third kappa shape index (κ3) is 2.62. The molecule has 1 heterocycles. The highest BCUT2D eigenvalue weighted by Gasteiger charge is 2.20. The first kappa shape index (κ1) is 12.2. The Balaban J connectivity index is 1.80. The molecule has 2 aromatic rings. The van der Waals surface area contributed by atoms with Crippen LogP contribution in [0.2, 0.25) is 0 Å². The number of hydrogen-bond acceptors (Lipinski definition) is 3. The summed E-state index contributed by atoms with van der Waals surface area (Å²) < 4.78 is 5.89. The Morgan fingerprint density at radius 2 is 1.95 bits per heavy atom. The molecule has 1 aliphatic heterocycles. The summed E-state index contributed by atoms with van der Waals surface area (Å²) in [5.41, 5.74) is 3.19. The molecule has 0 aliphatic carbocycles. The second-order valence-electron chi connectivity index (χ2n) is 4.74. The average Bonchev–Trinajstić information content (AvgIpc) is 2.47. The molecule has 1 unspecified atom stereocenters. The Hall–Kier alpha value is -1.84. The van der Waals surface area contributed by atoms with Gasteiger partial charge in [0.1, 0.15) is 12.4 Å². The van der Waals surface area contributed by atoms with Gasteiger partial charge in [-0.2, -0.15) is 0 Å². The zero-order valence-electron chi connectivity index (χ0n) is 10.7. The van der Waals surface area contributed by atoms with Crippen molar-refractivity contribution < 1.29 is 9.84 Å². The molecular formula is C16H17NO2. The topological polar surface area (TPSA) is 41.5 Å². The molecule has 2 aromatic carbocycles. The Labute approximate surface area is 112 Å². The van der Waals surface area contributed by atoms with Crippen LogP contribution < -0.4 is 10.1 Å². The normalized spacial score (nSPS) is 17.8. The van der Waals surface area contributed by atoms with Gasteiger partial charge in [0, 0.05) is 18.7 Å². The van der Waals surface area contributed by atoms with Gasteiger partial charge in [-0.1, -0.05) is 42.5 Å². The Morgan fingerprint density at radius 3 is 2.79 bits per heavy atom. The van der Waals surface area contributed by atoms with Crippen LogP contribution in [0.3, 0.4) is 0 Å². The van der Waals surface area contributed by atoms with E-state index in [-0.39, 0.29) is 0 Å². The van der Waals surface area contributed by atoms with Crippen LogP contribution in [0.1, 0.15) is 22.8 Å². The molecule has 2 N–H and O–H groups in total. The van der Waals surface area contributed by atoms with E-state index in [4.69, 9.17) is 4.74 Å². The maximum absolute atomic E-state index is 9.95. The van der Waals surface area contributed by atoms with E-state index in [9.17, 15) is 5.11 Å². The van der Waals surface area contributed by atoms with E-state index in [0.717, 1.165) is 29.0 Å². The zero-order valence-corrected chi connectivity index (χ0v) is 10.7. The summed E-state index contributed by atoms with van der Waals surface area (Å²) in [6.45, 7) is 1.90. The van der Waals surface area contributed by atoms with Gasteiger partial charge in [-0.3, -0.25) is 0 Å². The molecule has 98 valence electrons. The number of hydrogen-bond donors (Lipinski definition) is 2. The lowest BCUT2D eigenvalue weighted by Crippen LogP contribution is -2.28. The van der Waals surface area contributed by atoms with Crippen molar-refractivity contribution in [1.82, 2.24) is 5.32 Å². The van der Waals surface area contributed by atoms with Crippen molar-refractivity contribution in [1.29, 1.82) is 0 Å². The minimum atomic E-state index is -0.441.